The Balaban J connectivity index is 1.68. The molecule has 122 valence electrons. The highest BCUT2D eigenvalue weighted by molar-refractivity contribution is 5.86. The first-order chi connectivity index (χ1) is 11.5. The second-order valence-electron chi connectivity index (χ2n) is 6.58. The SMILES string of the molecule is CC(C)(C)n1ncc2c(NCc3ccnc4ccnn34)ncnc21. The maximum Gasteiger partial charge on any atom is 0.163 e. The lowest BCUT2D eigenvalue weighted by Crippen LogP contribution is -2.23. The summed E-state index contributed by atoms with van der Waals surface area (Å²) in [7, 11) is 0. The van der Waals surface area contributed by atoms with Crippen LogP contribution in [-0.4, -0.2) is 34.3 Å². The standard InChI is InChI=1S/C16H18N8/c1-16(2,3)24-15-12(9-22-24)14(19-10-20-15)18-8-11-4-6-17-13-5-7-21-23(11)13/h4-7,9-10H,8H2,1-3H3,(H,18,19,20). The van der Waals surface area contributed by atoms with E-state index in [0.717, 1.165) is 28.2 Å². The minimum atomic E-state index is -0.139. The molecule has 0 unspecified atom stereocenters. The molecule has 4 rings (SSSR count). The molecule has 0 aromatic carbocycles. The predicted octanol–water partition coefficient (Wildman–Crippen LogP) is 2.24. The van der Waals surface area contributed by atoms with Crippen molar-refractivity contribution in [3.63, 3.8) is 0 Å². The predicted molar refractivity (Wildman–Crippen MR) is 90.6 cm³/mol. The third-order valence-corrected chi connectivity index (χ3v) is 3.81. The lowest BCUT2D eigenvalue weighted by atomic mass is 10.1. The summed E-state index contributed by atoms with van der Waals surface area (Å²) in [5.74, 6) is 0.757. The van der Waals surface area contributed by atoms with Gasteiger partial charge in [-0.1, -0.05) is 0 Å². The van der Waals surface area contributed by atoms with Crippen LogP contribution in [0.2, 0.25) is 0 Å². The van der Waals surface area contributed by atoms with Crippen LogP contribution in [0.5, 0.6) is 0 Å². The molecule has 0 radical (unpaired) electrons. The molecule has 0 aliphatic rings. The molecule has 0 spiro atoms. The van der Waals surface area contributed by atoms with Gasteiger partial charge in [0.1, 0.15) is 12.1 Å². The van der Waals surface area contributed by atoms with Crippen LogP contribution in [0.4, 0.5) is 5.82 Å². The second kappa shape index (κ2) is 5.26. The quantitative estimate of drug-likeness (QED) is 0.622. The Bertz CT molecular complexity index is 1010. The summed E-state index contributed by atoms with van der Waals surface area (Å²) < 4.78 is 3.72. The van der Waals surface area contributed by atoms with Crippen LogP contribution in [0.1, 0.15) is 26.5 Å². The van der Waals surface area contributed by atoms with E-state index in [2.05, 4.69) is 51.2 Å². The maximum absolute atomic E-state index is 4.47. The maximum atomic E-state index is 4.47. The van der Waals surface area contributed by atoms with Crippen LogP contribution < -0.4 is 5.32 Å². The van der Waals surface area contributed by atoms with Gasteiger partial charge in [0.25, 0.3) is 0 Å². The summed E-state index contributed by atoms with van der Waals surface area (Å²) in [4.78, 5) is 13.0. The first kappa shape index (κ1) is 14.6. The molecule has 24 heavy (non-hydrogen) atoms. The molecule has 0 atom stereocenters. The van der Waals surface area contributed by atoms with Crippen molar-refractivity contribution in [2.45, 2.75) is 32.9 Å². The van der Waals surface area contributed by atoms with Crippen LogP contribution in [0, 0.1) is 0 Å². The number of hydrogen-bond donors (Lipinski definition) is 1. The highest BCUT2D eigenvalue weighted by atomic mass is 15.3. The minimum absolute atomic E-state index is 0.139. The lowest BCUT2D eigenvalue weighted by molar-refractivity contribution is 0.366. The fraction of sp³-hybridized carbons (Fsp3) is 0.312. The highest BCUT2D eigenvalue weighted by Crippen LogP contribution is 2.24. The van der Waals surface area contributed by atoms with E-state index in [4.69, 9.17) is 0 Å². The third kappa shape index (κ3) is 2.36. The third-order valence-electron chi connectivity index (χ3n) is 3.81. The number of anilines is 1. The van der Waals surface area contributed by atoms with Crippen molar-refractivity contribution in [3.05, 3.63) is 42.7 Å². The molecule has 4 heterocycles. The molecule has 8 heteroatoms. The molecule has 8 nitrogen and oxygen atoms in total. The van der Waals surface area contributed by atoms with Crippen LogP contribution in [0.25, 0.3) is 16.7 Å². The Morgan fingerprint density at radius 3 is 2.75 bits per heavy atom. The van der Waals surface area contributed by atoms with Gasteiger partial charge >= 0.3 is 0 Å². The van der Waals surface area contributed by atoms with Gasteiger partial charge in [-0.2, -0.15) is 10.2 Å². The van der Waals surface area contributed by atoms with E-state index in [9.17, 15) is 0 Å². The Labute approximate surface area is 138 Å². The van der Waals surface area contributed by atoms with E-state index in [1.54, 1.807) is 24.9 Å². The second-order valence-corrected chi connectivity index (χ2v) is 6.58. The largest absolute Gasteiger partial charge is 0.364 e. The first-order valence-corrected chi connectivity index (χ1v) is 7.75. The zero-order valence-electron chi connectivity index (χ0n) is 13.8. The van der Waals surface area contributed by atoms with Gasteiger partial charge in [0.15, 0.2) is 11.3 Å². The summed E-state index contributed by atoms with van der Waals surface area (Å²) in [6.07, 6.45) is 6.88. The summed E-state index contributed by atoms with van der Waals surface area (Å²) in [5.41, 5.74) is 2.50. The van der Waals surface area contributed by atoms with Gasteiger partial charge < -0.3 is 5.32 Å². The van der Waals surface area contributed by atoms with Gasteiger partial charge in [-0.05, 0) is 26.8 Å². The van der Waals surface area contributed by atoms with Gasteiger partial charge in [-0.3, -0.25) is 0 Å². The van der Waals surface area contributed by atoms with Gasteiger partial charge in [0, 0.05) is 12.3 Å². The zero-order valence-corrected chi connectivity index (χ0v) is 13.8. The van der Waals surface area contributed by atoms with Gasteiger partial charge in [-0.25, -0.2) is 24.1 Å². The average Bonchev–Trinajstić information content (AvgIpc) is 3.18. The molecule has 0 aliphatic carbocycles. The van der Waals surface area contributed by atoms with Crippen molar-refractivity contribution in [2.75, 3.05) is 5.32 Å². The van der Waals surface area contributed by atoms with Crippen molar-refractivity contribution in [2.24, 2.45) is 0 Å². The number of nitrogens with zero attached hydrogens (tertiary/aromatic N) is 7. The van der Waals surface area contributed by atoms with Crippen molar-refractivity contribution < 1.29 is 0 Å². The fourth-order valence-electron chi connectivity index (χ4n) is 2.67. The van der Waals surface area contributed by atoms with E-state index in [0.29, 0.717) is 6.54 Å². The average molecular weight is 322 g/mol. The molecule has 4 aromatic rings. The van der Waals surface area contributed by atoms with Crippen molar-refractivity contribution >= 4 is 22.5 Å². The molecule has 0 amide bonds. The van der Waals surface area contributed by atoms with Gasteiger partial charge in [0.2, 0.25) is 0 Å². The molecular formula is C16H18N8. The lowest BCUT2D eigenvalue weighted by Gasteiger charge is -2.19. The zero-order chi connectivity index (χ0) is 16.7. The fourth-order valence-corrected chi connectivity index (χ4v) is 2.67. The molecule has 0 saturated carbocycles. The summed E-state index contributed by atoms with van der Waals surface area (Å²) in [6.45, 7) is 6.87. The van der Waals surface area contributed by atoms with E-state index in [1.165, 1.54) is 0 Å². The Hall–Kier alpha value is -3.03. The number of hydrogen-bond acceptors (Lipinski definition) is 6. The Morgan fingerprint density at radius 2 is 1.92 bits per heavy atom. The van der Waals surface area contributed by atoms with Gasteiger partial charge in [0.05, 0.1) is 35.6 Å². The van der Waals surface area contributed by atoms with Gasteiger partial charge in [-0.15, -0.1) is 0 Å². The number of aromatic nitrogens is 7. The van der Waals surface area contributed by atoms with E-state index in [1.807, 2.05) is 21.3 Å². The van der Waals surface area contributed by atoms with E-state index >= 15 is 0 Å². The minimum Gasteiger partial charge on any atom is -0.364 e. The molecule has 0 saturated heterocycles. The molecule has 0 bridgehead atoms. The van der Waals surface area contributed by atoms with E-state index in [-0.39, 0.29) is 5.54 Å². The van der Waals surface area contributed by atoms with Crippen molar-refractivity contribution in [1.29, 1.82) is 0 Å². The van der Waals surface area contributed by atoms with E-state index < -0.39 is 0 Å². The molecule has 1 N–H and O–H groups in total. The molecule has 0 fully saturated rings. The number of nitrogens with one attached hydrogen (secondary N) is 1. The highest BCUT2D eigenvalue weighted by Gasteiger charge is 2.19. The molecule has 0 aliphatic heterocycles. The summed E-state index contributed by atoms with van der Waals surface area (Å²) in [5, 5.41) is 13.0. The summed E-state index contributed by atoms with van der Waals surface area (Å²) >= 11 is 0. The Morgan fingerprint density at radius 1 is 1.04 bits per heavy atom. The first-order valence-electron chi connectivity index (χ1n) is 7.75. The number of rotatable bonds is 3. The smallest absolute Gasteiger partial charge is 0.163 e. The molecular weight excluding hydrogens is 304 g/mol. The summed E-state index contributed by atoms with van der Waals surface area (Å²) in [6, 6.07) is 3.81. The Kier molecular flexibility index (Phi) is 3.19. The topological polar surface area (TPSA) is 85.8 Å². The van der Waals surface area contributed by atoms with Crippen LogP contribution in [0.3, 0.4) is 0 Å². The molecule has 4 aromatic heterocycles. The van der Waals surface area contributed by atoms with Crippen LogP contribution in [0.15, 0.2) is 37.1 Å². The monoisotopic (exact) mass is 322 g/mol. The normalized spacial score (nSPS) is 12.1. The van der Waals surface area contributed by atoms with Crippen LogP contribution >= 0.6 is 0 Å². The van der Waals surface area contributed by atoms with Crippen LogP contribution in [-0.2, 0) is 12.1 Å². The number of fused-ring (bicyclic) bond motifs is 2. The van der Waals surface area contributed by atoms with Crippen molar-refractivity contribution in [1.82, 2.24) is 34.3 Å². The van der Waals surface area contributed by atoms with Crippen molar-refractivity contribution in [3.8, 4) is 0 Å².